The first-order chi connectivity index (χ1) is 9.43. The van der Waals surface area contributed by atoms with E-state index in [2.05, 4.69) is 0 Å². The maximum Gasteiger partial charge on any atom is 0.433 e. The zero-order chi connectivity index (χ0) is 14.9. The van der Waals surface area contributed by atoms with E-state index in [0.717, 1.165) is 6.07 Å². The van der Waals surface area contributed by atoms with Crippen molar-refractivity contribution in [2.45, 2.75) is 0 Å². The van der Waals surface area contributed by atoms with Crippen LogP contribution in [0.3, 0.4) is 0 Å². The first-order valence-corrected chi connectivity index (χ1v) is 6.01. The van der Waals surface area contributed by atoms with Crippen molar-refractivity contribution in [3.05, 3.63) is 55.7 Å². The second-order valence-corrected chi connectivity index (χ2v) is 4.51. The minimum absolute atomic E-state index is 0.0710. The smallest absolute Gasteiger partial charge is 0.433 e. The van der Waals surface area contributed by atoms with Crippen LogP contribution >= 0.6 is 23.2 Å². The molecule has 0 radical (unpaired) electrons. The second kappa shape index (κ2) is 5.52. The van der Waals surface area contributed by atoms with Gasteiger partial charge in [0.15, 0.2) is 5.76 Å². The van der Waals surface area contributed by atoms with Gasteiger partial charge in [0, 0.05) is 11.6 Å². The van der Waals surface area contributed by atoms with Crippen molar-refractivity contribution in [3.63, 3.8) is 0 Å². The molecule has 6 nitrogen and oxygen atoms in total. The molecule has 104 valence electrons. The fourth-order valence-corrected chi connectivity index (χ4v) is 2.02. The number of furan rings is 1. The maximum atomic E-state index is 12.2. The standard InChI is InChI=1S/C12H7Cl2NO5/c1-19-10-5-7(13)6(4-8(10)14)12(16)9-2-3-11(20-9)15(17)18/h2-5H,1H3. The van der Waals surface area contributed by atoms with Crippen LogP contribution in [-0.4, -0.2) is 17.8 Å². The van der Waals surface area contributed by atoms with E-state index in [0.29, 0.717) is 5.75 Å². The predicted octanol–water partition coefficient (Wildman–Crippen LogP) is 3.73. The number of ketones is 1. The molecular weight excluding hydrogens is 309 g/mol. The van der Waals surface area contributed by atoms with Crippen LogP contribution in [0.1, 0.15) is 16.1 Å². The van der Waals surface area contributed by atoms with Crippen LogP contribution in [0, 0.1) is 10.1 Å². The number of benzene rings is 1. The van der Waals surface area contributed by atoms with Crippen LogP contribution < -0.4 is 4.74 Å². The molecule has 0 N–H and O–H groups in total. The number of halogens is 2. The molecule has 0 aliphatic heterocycles. The van der Waals surface area contributed by atoms with E-state index in [1.807, 2.05) is 0 Å². The molecule has 0 unspecified atom stereocenters. The van der Waals surface area contributed by atoms with Gasteiger partial charge in [0.05, 0.1) is 23.2 Å². The Balaban J connectivity index is 2.42. The summed E-state index contributed by atoms with van der Waals surface area (Å²) in [6.07, 6.45) is 0. The Labute approximate surface area is 123 Å². The average Bonchev–Trinajstić information content (AvgIpc) is 2.90. The summed E-state index contributed by atoms with van der Waals surface area (Å²) in [5.74, 6) is -1.00. The summed E-state index contributed by atoms with van der Waals surface area (Å²) < 4.78 is 9.79. The molecule has 2 aromatic rings. The first kappa shape index (κ1) is 14.4. The summed E-state index contributed by atoms with van der Waals surface area (Å²) in [6, 6.07) is 5.00. The highest BCUT2D eigenvalue weighted by Crippen LogP contribution is 2.32. The van der Waals surface area contributed by atoms with Crippen molar-refractivity contribution >= 4 is 34.9 Å². The first-order valence-electron chi connectivity index (χ1n) is 5.26. The number of methoxy groups -OCH3 is 1. The van der Waals surface area contributed by atoms with Gasteiger partial charge in [0.25, 0.3) is 0 Å². The van der Waals surface area contributed by atoms with E-state index in [9.17, 15) is 14.9 Å². The van der Waals surface area contributed by atoms with Crippen molar-refractivity contribution in [1.29, 1.82) is 0 Å². The molecular formula is C12H7Cl2NO5. The molecule has 0 amide bonds. The predicted molar refractivity (Wildman–Crippen MR) is 71.8 cm³/mol. The van der Waals surface area contributed by atoms with Gasteiger partial charge in [-0.25, -0.2) is 0 Å². The highest BCUT2D eigenvalue weighted by Gasteiger charge is 2.22. The molecule has 0 spiro atoms. The lowest BCUT2D eigenvalue weighted by Crippen LogP contribution is -2.01. The van der Waals surface area contributed by atoms with Gasteiger partial charge in [0.1, 0.15) is 10.7 Å². The molecule has 0 fully saturated rings. The van der Waals surface area contributed by atoms with Crippen LogP contribution in [0.25, 0.3) is 0 Å². The van der Waals surface area contributed by atoms with Crippen molar-refractivity contribution in [1.82, 2.24) is 0 Å². The summed E-state index contributed by atoms with van der Waals surface area (Å²) in [4.78, 5) is 21.9. The van der Waals surface area contributed by atoms with E-state index >= 15 is 0 Å². The molecule has 1 aromatic carbocycles. The largest absolute Gasteiger partial charge is 0.495 e. The maximum absolute atomic E-state index is 12.2. The summed E-state index contributed by atoms with van der Waals surface area (Å²) >= 11 is 11.9. The third kappa shape index (κ3) is 2.61. The Hall–Kier alpha value is -2.05. The summed E-state index contributed by atoms with van der Waals surface area (Å²) in [5, 5.41) is 10.8. The van der Waals surface area contributed by atoms with E-state index in [1.54, 1.807) is 0 Å². The number of hydrogen-bond acceptors (Lipinski definition) is 5. The number of ether oxygens (including phenoxy) is 1. The Morgan fingerprint density at radius 1 is 1.30 bits per heavy atom. The highest BCUT2D eigenvalue weighted by molar-refractivity contribution is 6.37. The topological polar surface area (TPSA) is 82.6 Å². The van der Waals surface area contributed by atoms with Gasteiger partial charge < -0.3 is 9.15 Å². The van der Waals surface area contributed by atoms with Crippen molar-refractivity contribution in [2.75, 3.05) is 7.11 Å². The molecule has 8 heteroatoms. The zero-order valence-electron chi connectivity index (χ0n) is 10.1. The van der Waals surface area contributed by atoms with Crippen LogP contribution in [-0.2, 0) is 0 Å². The minimum Gasteiger partial charge on any atom is -0.495 e. The van der Waals surface area contributed by atoms with Crippen molar-refractivity contribution in [2.24, 2.45) is 0 Å². The molecule has 0 saturated carbocycles. The fraction of sp³-hybridized carbons (Fsp3) is 0.0833. The summed E-state index contributed by atoms with van der Waals surface area (Å²) in [5.41, 5.74) is 0.0710. The summed E-state index contributed by atoms with van der Waals surface area (Å²) in [7, 11) is 1.41. The van der Waals surface area contributed by atoms with E-state index < -0.39 is 16.6 Å². The Bertz CT molecular complexity index is 695. The highest BCUT2D eigenvalue weighted by atomic mass is 35.5. The van der Waals surface area contributed by atoms with E-state index in [-0.39, 0.29) is 21.4 Å². The monoisotopic (exact) mass is 315 g/mol. The zero-order valence-corrected chi connectivity index (χ0v) is 11.6. The number of rotatable bonds is 4. The molecule has 1 aromatic heterocycles. The lowest BCUT2D eigenvalue weighted by Gasteiger charge is -2.06. The van der Waals surface area contributed by atoms with Gasteiger partial charge >= 0.3 is 5.88 Å². The quantitative estimate of drug-likeness (QED) is 0.487. The Kier molecular flexibility index (Phi) is 3.96. The second-order valence-electron chi connectivity index (χ2n) is 3.69. The van der Waals surface area contributed by atoms with Crippen molar-refractivity contribution < 1.29 is 18.9 Å². The van der Waals surface area contributed by atoms with Crippen LogP contribution in [0.5, 0.6) is 5.75 Å². The molecule has 0 saturated heterocycles. The number of nitro groups is 1. The number of hydrogen-bond donors (Lipinski definition) is 0. The van der Waals surface area contributed by atoms with Crippen LogP contribution in [0.15, 0.2) is 28.7 Å². The molecule has 20 heavy (non-hydrogen) atoms. The number of carbonyl (C=O) groups is 1. The van der Waals surface area contributed by atoms with Gasteiger partial charge in [-0.1, -0.05) is 23.2 Å². The lowest BCUT2D eigenvalue weighted by molar-refractivity contribution is -0.402. The molecule has 1 heterocycles. The average molecular weight is 316 g/mol. The summed E-state index contributed by atoms with van der Waals surface area (Å²) in [6.45, 7) is 0. The Morgan fingerprint density at radius 3 is 2.55 bits per heavy atom. The number of carbonyl (C=O) groups excluding carboxylic acids is 1. The third-order valence-corrected chi connectivity index (χ3v) is 3.09. The normalized spacial score (nSPS) is 10.3. The van der Waals surface area contributed by atoms with E-state index in [4.69, 9.17) is 32.4 Å². The van der Waals surface area contributed by atoms with Gasteiger partial charge in [0.2, 0.25) is 5.78 Å². The fourth-order valence-electron chi connectivity index (χ4n) is 1.54. The van der Waals surface area contributed by atoms with Gasteiger partial charge in [-0.3, -0.25) is 14.9 Å². The van der Waals surface area contributed by atoms with Gasteiger partial charge in [-0.15, -0.1) is 0 Å². The van der Waals surface area contributed by atoms with Gasteiger partial charge in [-0.2, -0.15) is 0 Å². The van der Waals surface area contributed by atoms with Crippen molar-refractivity contribution in [3.8, 4) is 5.75 Å². The van der Waals surface area contributed by atoms with Crippen LogP contribution in [0.4, 0.5) is 5.88 Å². The Morgan fingerprint density at radius 2 is 2.00 bits per heavy atom. The van der Waals surface area contributed by atoms with E-state index in [1.165, 1.54) is 25.3 Å². The van der Waals surface area contributed by atoms with Gasteiger partial charge in [-0.05, 0) is 12.1 Å². The molecule has 0 atom stereocenters. The third-order valence-electron chi connectivity index (χ3n) is 2.48. The molecule has 0 bridgehead atoms. The number of nitrogens with zero attached hydrogens (tertiary/aromatic N) is 1. The SMILES string of the molecule is COc1cc(Cl)c(C(=O)c2ccc([N+](=O)[O-])o2)cc1Cl. The molecule has 2 rings (SSSR count). The minimum atomic E-state index is -0.737. The molecule has 0 aliphatic carbocycles. The van der Waals surface area contributed by atoms with Crippen LogP contribution in [0.2, 0.25) is 10.0 Å². The molecule has 0 aliphatic rings. The lowest BCUT2D eigenvalue weighted by atomic mass is 10.1.